The highest BCUT2D eigenvalue weighted by molar-refractivity contribution is 7.25. The minimum Gasteiger partial charge on any atom is -0.288 e. The summed E-state index contributed by atoms with van der Waals surface area (Å²) < 4.78 is 59.0. The van der Waals surface area contributed by atoms with Crippen LogP contribution in [0.2, 0.25) is 0 Å². The van der Waals surface area contributed by atoms with Crippen LogP contribution >= 0.6 is 11.3 Å². The third kappa shape index (κ3) is 5.36. The van der Waals surface area contributed by atoms with E-state index in [1.54, 1.807) is 23.5 Å². The maximum absolute atomic E-state index is 14.2. The number of rotatable bonds is 2. The second-order valence-electron chi connectivity index (χ2n) is 18.9. The zero-order chi connectivity index (χ0) is 44.3. The Balaban J connectivity index is 0.899. The average molecular weight is 881 g/mol. The van der Waals surface area contributed by atoms with Crippen LogP contribution in [-0.2, 0) is 10.8 Å². The monoisotopic (exact) mass is 880 g/mol. The lowest BCUT2D eigenvalue weighted by molar-refractivity contribution is 0.0973. The van der Waals surface area contributed by atoms with E-state index in [-0.39, 0.29) is 33.4 Å². The van der Waals surface area contributed by atoms with Crippen molar-refractivity contribution in [3.63, 3.8) is 0 Å². The standard InChI is InChI=1S/C56H36F4O4S/c57-45-17-27-13-37-38(14-28(27)18-46(45)58)52(62)41(51(37)61)23-33-11-31-21-49-35(25-43(31)55(33)7-3-1-4-8-55)36-26-44-32(22-50(36)65-49)12-34(56(44)9-5-2-6-10-56)24-42-53(63)39-15-29-19-47(59)48(60)20-30(29)16-40(39)54(42)64/h11-26H,1-10H2. The molecule has 0 saturated heterocycles. The number of carbonyl (C=O) groups is 4. The van der Waals surface area contributed by atoms with Gasteiger partial charge in [-0.05, 0) is 166 Å². The second-order valence-corrected chi connectivity index (χ2v) is 20.0. The largest absolute Gasteiger partial charge is 0.288 e. The Bertz CT molecular complexity index is 3260. The fourth-order valence-corrected chi connectivity index (χ4v) is 13.5. The number of ketones is 4. The zero-order valence-electron chi connectivity index (χ0n) is 34.9. The molecule has 0 radical (unpaired) electrons. The maximum atomic E-state index is 14.2. The number of allylic oxidation sites excluding steroid dienone is 6. The van der Waals surface area contributed by atoms with Crippen molar-refractivity contribution in [2.24, 2.45) is 0 Å². The van der Waals surface area contributed by atoms with Crippen LogP contribution in [0.15, 0.2) is 107 Å². The summed E-state index contributed by atoms with van der Waals surface area (Å²) in [6.45, 7) is 0. The van der Waals surface area contributed by atoms with Crippen LogP contribution in [0.4, 0.5) is 17.6 Å². The first-order valence-electron chi connectivity index (χ1n) is 22.4. The molecule has 1 aromatic heterocycles. The van der Waals surface area contributed by atoms with Crippen molar-refractivity contribution < 1.29 is 36.7 Å². The van der Waals surface area contributed by atoms with Crippen LogP contribution < -0.4 is 0 Å². The first-order valence-corrected chi connectivity index (χ1v) is 23.2. The van der Waals surface area contributed by atoms with Gasteiger partial charge in [0.15, 0.2) is 46.4 Å². The fourth-order valence-electron chi connectivity index (χ4n) is 12.4. The summed E-state index contributed by atoms with van der Waals surface area (Å²) in [5, 5.41) is 3.71. The fraction of sp³-hybridized carbons (Fsp3) is 0.214. The number of hydrogen-bond donors (Lipinski definition) is 0. The highest BCUT2D eigenvalue weighted by Gasteiger charge is 2.46. The number of thiophene rings is 1. The molecule has 6 aliphatic rings. The molecule has 0 unspecified atom stereocenters. The van der Waals surface area contributed by atoms with Gasteiger partial charge in [0.1, 0.15) is 0 Å². The SMILES string of the molecule is O=C1C(=CC2=Cc3cc4sc5cc6c(cc5c4cc3C23CCCCC3)C2(CCCCC2)C(C=C2C(=O)c3cc4cc(F)c(F)cc4cc3C2=O)=C6)C(=O)c2cc3cc(F)c(F)cc3cc21. The highest BCUT2D eigenvalue weighted by atomic mass is 32.1. The highest BCUT2D eigenvalue weighted by Crippen LogP contribution is 2.57. The number of fused-ring (bicyclic) bond motifs is 11. The molecule has 0 N–H and O–H groups in total. The van der Waals surface area contributed by atoms with E-state index in [9.17, 15) is 36.7 Å². The van der Waals surface area contributed by atoms with Crippen molar-refractivity contribution in [1.82, 2.24) is 0 Å². The molecule has 318 valence electrons. The predicted molar refractivity (Wildman–Crippen MR) is 246 cm³/mol. The van der Waals surface area contributed by atoms with E-state index in [1.165, 1.54) is 35.4 Å². The number of halogens is 4. The molecule has 9 heteroatoms. The van der Waals surface area contributed by atoms with Crippen LogP contribution in [0.25, 0.3) is 53.9 Å². The molecule has 7 aromatic rings. The molecular formula is C56H36F4O4S. The Kier molecular flexibility index (Phi) is 8.06. The normalized spacial score (nSPS) is 19.3. The van der Waals surface area contributed by atoms with Crippen LogP contribution in [0.5, 0.6) is 0 Å². The number of benzene rings is 6. The maximum Gasteiger partial charge on any atom is 0.197 e. The smallest absolute Gasteiger partial charge is 0.197 e. The molecule has 2 fully saturated rings. The Morgan fingerprint density at radius 1 is 0.415 bits per heavy atom. The van der Waals surface area contributed by atoms with E-state index in [4.69, 9.17) is 0 Å². The third-order valence-corrected chi connectivity index (χ3v) is 16.7. The van der Waals surface area contributed by atoms with Gasteiger partial charge in [-0.15, -0.1) is 11.3 Å². The Labute approximate surface area is 373 Å². The molecule has 6 aliphatic carbocycles. The van der Waals surface area contributed by atoms with Crippen molar-refractivity contribution >= 4 is 88.3 Å². The molecule has 1 heterocycles. The molecule has 65 heavy (non-hydrogen) atoms. The average Bonchev–Trinajstić information content (AvgIpc) is 4.01. The molecule has 4 nitrogen and oxygen atoms in total. The van der Waals surface area contributed by atoms with Crippen LogP contribution in [0.3, 0.4) is 0 Å². The van der Waals surface area contributed by atoms with Crippen LogP contribution in [0.1, 0.15) is 128 Å². The molecule has 0 bridgehead atoms. The third-order valence-electron chi connectivity index (χ3n) is 15.6. The number of carbonyl (C=O) groups excluding carboxylic acids is 4. The molecule has 13 rings (SSSR count). The minimum absolute atomic E-state index is 0.0724. The van der Waals surface area contributed by atoms with Gasteiger partial charge in [0.25, 0.3) is 0 Å². The van der Waals surface area contributed by atoms with Gasteiger partial charge in [-0.3, -0.25) is 19.2 Å². The van der Waals surface area contributed by atoms with Crippen molar-refractivity contribution in [2.75, 3.05) is 0 Å². The van der Waals surface area contributed by atoms with Gasteiger partial charge in [-0.25, -0.2) is 17.6 Å². The topological polar surface area (TPSA) is 68.3 Å². The summed E-state index contributed by atoms with van der Waals surface area (Å²) in [5.74, 6) is -5.69. The van der Waals surface area contributed by atoms with Crippen LogP contribution in [-0.4, -0.2) is 23.1 Å². The van der Waals surface area contributed by atoms with Gasteiger partial charge < -0.3 is 0 Å². The lowest BCUT2D eigenvalue weighted by Crippen LogP contribution is -2.29. The van der Waals surface area contributed by atoms with Crippen molar-refractivity contribution in [3.8, 4) is 0 Å². The molecule has 0 aliphatic heterocycles. The van der Waals surface area contributed by atoms with Gasteiger partial charge in [0, 0.05) is 53.3 Å². The summed E-state index contributed by atoms with van der Waals surface area (Å²) in [6, 6.07) is 19.4. The Morgan fingerprint density at radius 2 is 0.738 bits per heavy atom. The van der Waals surface area contributed by atoms with E-state index >= 15 is 0 Å². The lowest BCUT2D eigenvalue weighted by Gasteiger charge is -2.37. The van der Waals surface area contributed by atoms with Gasteiger partial charge in [-0.2, -0.15) is 0 Å². The molecule has 0 atom stereocenters. The minimum atomic E-state index is -1.01. The molecule has 2 saturated carbocycles. The zero-order valence-corrected chi connectivity index (χ0v) is 35.7. The predicted octanol–water partition coefficient (Wildman–Crippen LogP) is 14.1. The van der Waals surface area contributed by atoms with Crippen LogP contribution in [0, 0.1) is 23.3 Å². The van der Waals surface area contributed by atoms with E-state index in [1.807, 2.05) is 0 Å². The molecule has 6 aromatic carbocycles. The summed E-state index contributed by atoms with van der Waals surface area (Å²) in [6.07, 6.45) is 17.5. The summed E-state index contributed by atoms with van der Waals surface area (Å²) in [7, 11) is 0. The van der Waals surface area contributed by atoms with Gasteiger partial charge >= 0.3 is 0 Å². The Hall–Kier alpha value is -6.58. The van der Waals surface area contributed by atoms with Crippen molar-refractivity contribution in [3.05, 3.63) is 175 Å². The van der Waals surface area contributed by atoms with Gasteiger partial charge in [-0.1, -0.05) is 50.7 Å². The number of hydrogen-bond acceptors (Lipinski definition) is 5. The molecular weight excluding hydrogens is 845 g/mol. The quantitative estimate of drug-likeness (QED) is 0.0985. The first kappa shape index (κ1) is 38.8. The Morgan fingerprint density at radius 3 is 1.06 bits per heavy atom. The van der Waals surface area contributed by atoms with E-state index < -0.39 is 57.2 Å². The first-order chi connectivity index (χ1) is 31.4. The summed E-state index contributed by atoms with van der Waals surface area (Å²) in [5.41, 5.74) is 6.56. The van der Waals surface area contributed by atoms with E-state index in [0.717, 1.165) is 131 Å². The van der Waals surface area contributed by atoms with E-state index in [2.05, 4.69) is 36.4 Å². The second kappa shape index (κ2) is 13.5. The van der Waals surface area contributed by atoms with Crippen molar-refractivity contribution in [2.45, 2.75) is 75.0 Å². The molecule has 2 spiro atoms. The van der Waals surface area contributed by atoms with Crippen molar-refractivity contribution in [1.29, 1.82) is 0 Å². The lowest BCUT2D eigenvalue weighted by atomic mass is 9.66. The molecule has 0 amide bonds. The van der Waals surface area contributed by atoms with Gasteiger partial charge in [0.2, 0.25) is 0 Å². The van der Waals surface area contributed by atoms with Gasteiger partial charge in [0.05, 0.1) is 11.1 Å². The number of Topliss-reactive ketones (excluding diaryl/α,β-unsaturated/α-hetero) is 4. The summed E-state index contributed by atoms with van der Waals surface area (Å²) >= 11 is 1.71. The van der Waals surface area contributed by atoms with E-state index in [0.29, 0.717) is 21.5 Å². The summed E-state index contributed by atoms with van der Waals surface area (Å²) in [4.78, 5) is 55.9.